The summed E-state index contributed by atoms with van der Waals surface area (Å²) in [6.45, 7) is 8.41. The highest BCUT2D eigenvalue weighted by molar-refractivity contribution is 5.76. The molecule has 3 rings (SSSR count). The average Bonchev–Trinajstić information content (AvgIpc) is 3.13. The van der Waals surface area contributed by atoms with Gasteiger partial charge in [0, 0.05) is 19.4 Å². The molecule has 5 nitrogen and oxygen atoms in total. The van der Waals surface area contributed by atoms with Gasteiger partial charge in [-0.3, -0.25) is 4.79 Å². The van der Waals surface area contributed by atoms with Gasteiger partial charge in [-0.05, 0) is 48.6 Å². The lowest BCUT2D eigenvalue weighted by Gasteiger charge is -2.12. The minimum Gasteiger partial charge on any atom is -0.492 e. The van der Waals surface area contributed by atoms with Gasteiger partial charge in [-0.25, -0.2) is 4.98 Å². The van der Waals surface area contributed by atoms with E-state index in [4.69, 9.17) is 9.72 Å². The number of para-hydroxylation sites is 2. The van der Waals surface area contributed by atoms with E-state index in [1.165, 1.54) is 5.56 Å². The molecule has 0 spiro atoms. The molecule has 0 aliphatic rings. The molecule has 1 heterocycles. The smallest absolute Gasteiger partial charge is 0.219 e. The number of aromatic nitrogens is 2. The monoisotopic (exact) mass is 421 g/mol. The van der Waals surface area contributed by atoms with E-state index < -0.39 is 0 Å². The van der Waals surface area contributed by atoms with Gasteiger partial charge in [-0.15, -0.1) is 0 Å². The molecule has 0 aliphatic heterocycles. The van der Waals surface area contributed by atoms with Gasteiger partial charge in [0.05, 0.1) is 17.6 Å². The summed E-state index contributed by atoms with van der Waals surface area (Å²) in [6, 6.07) is 16.7. The molecular formula is C26H35N3O2. The molecule has 166 valence electrons. The van der Waals surface area contributed by atoms with Gasteiger partial charge >= 0.3 is 0 Å². The quantitative estimate of drug-likeness (QED) is 0.394. The van der Waals surface area contributed by atoms with Crippen molar-refractivity contribution in [2.24, 2.45) is 0 Å². The molecule has 1 aromatic heterocycles. The van der Waals surface area contributed by atoms with Crippen LogP contribution >= 0.6 is 0 Å². The maximum atomic E-state index is 11.3. The number of amides is 1. The van der Waals surface area contributed by atoms with Crippen LogP contribution in [0.25, 0.3) is 11.0 Å². The number of carbonyl (C=O) groups is 1. The minimum atomic E-state index is 0.126. The Morgan fingerprint density at radius 2 is 1.84 bits per heavy atom. The number of imidazole rings is 1. The second kappa shape index (κ2) is 11.5. The zero-order valence-electron chi connectivity index (χ0n) is 19.1. The number of nitrogens with one attached hydrogen (secondary N) is 1. The maximum absolute atomic E-state index is 11.3. The lowest BCUT2D eigenvalue weighted by Crippen LogP contribution is -2.23. The summed E-state index contributed by atoms with van der Waals surface area (Å²) in [5, 5.41) is 2.94. The highest BCUT2D eigenvalue weighted by Gasteiger charge is 2.10. The first-order valence-corrected chi connectivity index (χ1v) is 11.5. The molecular weight excluding hydrogens is 386 g/mol. The number of hydrogen-bond acceptors (Lipinski definition) is 3. The molecule has 3 aromatic rings. The first-order chi connectivity index (χ1) is 15.1. The normalized spacial score (nSPS) is 11.2. The highest BCUT2D eigenvalue weighted by Crippen LogP contribution is 2.20. The van der Waals surface area contributed by atoms with Crippen LogP contribution in [0.15, 0.2) is 48.5 Å². The summed E-state index contributed by atoms with van der Waals surface area (Å²) in [4.78, 5) is 16.2. The molecule has 0 saturated heterocycles. The number of ether oxygens (including phenoxy) is 1. The molecule has 5 heteroatoms. The Bertz CT molecular complexity index is 960. The van der Waals surface area contributed by atoms with E-state index in [1.807, 2.05) is 13.0 Å². The number of aryl methyl sites for hydroxylation is 1. The number of benzene rings is 2. The second-order valence-corrected chi connectivity index (χ2v) is 8.25. The zero-order chi connectivity index (χ0) is 22.1. The fraction of sp³-hybridized carbons (Fsp3) is 0.462. The summed E-state index contributed by atoms with van der Waals surface area (Å²) in [5.41, 5.74) is 3.52. The molecule has 1 amide bonds. The molecule has 31 heavy (non-hydrogen) atoms. The summed E-state index contributed by atoms with van der Waals surface area (Å²) < 4.78 is 8.31. The van der Waals surface area contributed by atoms with Crippen LogP contribution in [0.1, 0.15) is 63.8 Å². The van der Waals surface area contributed by atoms with E-state index in [9.17, 15) is 4.79 Å². The van der Waals surface area contributed by atoms with E-state index in [-0.39, 0.29) is 5.91 Å². The number of carbonyl (C=O) groups excluding carboxylic acids is 1. The van der Waals surface area contributed by atoms with E-state index in [1.54, 1.807) is 0 Å². The van der Waals surface area contributed by atoms with E-state index in [0.717, 1.165) is 61.4 Å². The van der Waals surface area contributed by atoms with Gasteiger partial charge in [-0.2, -0.15) is 0 Å². The van der Waals surface area contributed by atoms with Crippen LogP contribution in [0, 0.1) is 0 Å². The van der Waals surface area contributed by atoms with Gasteiger partial charge in [0.15, 0.2) is 0 Å². The lowest BCUT2D eigenvalue weighted by atomic mass is 10.0. The zero-order valence-corrected chi connectivity index (χ0v) is 19.1. The third kappa shape index (κ3) is 6.58. The van der Waals surface area contributed by atoms with Gasteiger partial charge in [0.1, 0.15) is 18.2 Å². The number of hydrogen-bond donors (Lipinski definition) is 1. The second-order valence-electron chi connectivity index (χ2n) is 8.25. The van der Waals surface area contributed by atoms with Crippen molar-refractivity contribution in [3.8, 4) is 5.75 Å². The third-order valence-corrected chi connectivity index (χ3v) is 5.58. The molecule has 0 atom stereocenters. The Morgan fingerprint density at radius 3 is 2.58 bits per heavy atom. The van der Waals surface area contributed by atoms with Crippen LogP contribution < -0.4 is 10.1 Å². The third-order valence-electron chi connectivity index (χ3n) is 5.58. The number of nitrogens with zero attached hydrogens (tertiary/aromatic N) is 2. The Morgan fingerprint density at radius 1 is 1.06 bits per heavy atom. The Balaban J connectivity index is 1.55. The van der Waals surface area contributed by atoms with Crippen LogP contribution in [0.3, 0.4) is 0 Å². The van der Waals surface area contributed by atoms with Crippen LogP contribution in [0.5, 0.6) is 5.75 Å². The fourth-order valence-corrected chi connectivity index (χ4v) is 3.71. The summed E-state index contributed by atoms with van der Waals surface area (Å²) in [5.74, 6) is 2.67. The molecule has 1 N–H and O–H groups in total. The Hall–Kier alpha value is -2.82. The molecule has 0 bridgehead atoms. The van der Waals surface area contributed by atoms with Gasteiger partial charge in [0.25, 0.3) is 0 Å². The van der Waals surface area contributed by atoms with Gasteiger partial charge in [0.2, 0.25) is 5.91 Å². The van der Waals surface area contributed by atoms with Gasteiger partial charge in [-0.1, -0.05) is 51.5 Å². The standard InChI is InChI=1S/C26H35N3O2/c1-4-26(30)27-17-9-5-6-12-25-28-23-10-7-8-11-24(23)29(25)18-19-31-22-15-13-21(14-16-22)20(2)3/h7-8,10-11,13-16,20H,4-6,9,12,17-19H2,1-3H3,(H,27,30). The summed E-state index contributed by atoms with van der Waals surface area (Å²) >= 11 is 0. The minimum absolute atomic E-state index is 0.126. The van der Waals surface area contributed by atoms with E-state index in [2.05, 4.69) is 66.2 Å². The van der Waals surface area contributed by atoms with Crippen molar-refractivity contribution in [1.82, 2.24) is 14.9 Å². The van der Waals surface area contributed by atoms with Crippen molar-refractivity contribution in [3.63, 3.8) is 0 Å². The Kier molecular flexibility index (Phi) is 8.51. The number of unbranched alkanes of at least 4 members (excludes halogenated alkanes) is 2. The van der Waals surface area contributed by atoms with Crippen LogP contribution in [0.2, 0.25) is 0 Å². The van der Waals surface area contributed by atoms with Gasteiger partial charge < -0.3 is 14.6 Å². The maximum Gasteiger partial charge on any atom is 0.219 e. The van der Waals surface area contributed by atoms with Crippen LogP contribution in [0.4, 0.5) is 0 Å². The van der Waals surface area contributed by atoms with Crippen molar-refractivity contribution in [2.75, 3.05) is 13.2 Å². The molecule has 0 unspecified atom stereocenters. The van der Waals surface area contributed by atoms with Crippen molar-refractivity contribution in [3.05, 3.63) is 59.9 Å². The first-order valence-electron chi connectivity index (χ1n) is 11.5. The summed E-state index contributed by atoms with van der Waals surface area (Å²) in [6.07, 6.45) is 4.61. The van der Waals surface area contributed by atoms with E-state index >= 15 is 0 Å². The van der Waals surface area contributed by atoms with Crippen molar-refractivity contribution in [2.45, 2.75) is 65.3 Å². The van der Waals surface area contributed by atoms with Crippen LogP contribution in [-0.4, -0.2) is 28.6 Å². The predicted octanol–water partition coefficient (Wildman–Crippen LogP) is 5.48. The van der Waals surface area contributed by atoms with Crippen molar-refractivity contribution >= 4 is 16.9 Å². The first kappa shape index (κ1) is 22.9. The molecule has 2 aromatic carbocycles. The van der Waals surface area contributed by atoms with E-state index in [0.29, 0.717) is 18.9 Å². The van der Waals surface area contributed by atoms with Crippen LogP contribution in [-0.2, 0) is 17.8 Å². The lowest BCUT2D eigenvalue weighted by molar-refractivity contribution is -0.120. The number of fused-ring (bicyclic) bond motifs is 1. The summed E-state index contributed by atoms with van der Waals surface area (Å²) in [7, 11) is 0. The topological polar surface area (TPSA) is 56.2 Å². The molecule has 0 saturated carbocycles. The Labute approximate surface area is 185 Å². The molecule has 0 fully saturated rings. The average molecular weight is 422 g/mol. The molecule has 0 aliphatic carbocycles. The SMILES string of the molecule is CCC(=O)NCCCCCc1nc2ccccc2n1CCOc1ccc(C(C)C)cc1. The predicted molar refractivity (Wildman–Crippen MR) is 127 cm³/mol. The number of rotatable bonds is 12. The molecule has 0 radical (unpaired) electrons. The van der Waals surface area contributed by atoms with Crippen molar-refractivity contribution < 1.29 is 9.53 Å². The highest BCUT2D eigenvalue weighted by atomic mass is 16.5. The largest absolute Gasteiger partial charge is 0.492 e. The van der Waals surface area contributed by atoms with Crippen molar-refractivity contribution in [1.29, 1.82) is 0 Å². The fourth-order valence-electron chi connectivity index (χ4n) is 3.71.